The Morgan fingerprint density at radius 3 is 3.12 bits per heavy atom. The lowest BCUT2D eigenvalue weighted by Crippen LogP contribution is -2.35. The lowest BCUT2D eigenvalue weighted by atomic mass is 10.2. The topological polar surface area (TPSA) is 58.4 Å². The van der Waals surface area contributed by atoms with Gasteiger partial charge in [0, 0.05) is 37.5 Å². The van der Waals surface area contributed by atoms with E-state index in [4.69, 9.17) is 5.73 Å². The number of thiophene rings is 1. The van der Waals surface area contributed by atoms with Crippen molar-refractivity contribution >= 4 is 17.2 Å². The van der Waals surface area contributed by atoms with Crippen LogP contribution in [0.15, 0.2) is 17.5 Å². The maximum absolute atomic E-state index is 11.3. The molecule has 1 aromatic rings. The minimum Gasteiger partial charge on any atom is -0.355 e. The third-order valence-corrected chi connectivity index (χ3v) is 3.86. The van der Waals surface area contributed by atoms with E-state index in [1.807, 2.05) is 6.07 Å². The fourth-order valence-corrected chi connectivity index (χ4v) is 2.90. The smallest absolute Gasteiger partial charge is 0.221 e. The molecule has 0 aliphatic carbocycles. The van der Waals surface area contributed by atoms with Gasteiger partial charge in [0.15, 0.2) is 0 Å². The molecule has 0 saturated carbocycles. The zero-order valence-corrected chi connectivity index (χ0v) is 10.0. The number of hydrogen-bond donors (Lipinski definition) is 2. The molecule has 0 aromatic carbocycles. The Labute approximate surface area is 99.4 Å². The van der Waals surface area contributed by atoms with Gasteiger partial charge in [0.2, 0.25) is 5.91 Å². The van der Waals surface area contributed by atoms with Gasteiger partial charge in [-0.25, -0.2) is 0 Å². The number of nitrogens with zero attached hydrogens (tertiary/aromatic N) is 1. The third-order valence-electron chi connectivity index (χ3n) is 2.88. The van der Waals surface area contributed by atoms with Crippen molar-refractivity contribution in [3.05, 3.63) is 22.4 Å². The largest absolute Gasteiger partial charge is 0.355 e. The van der Waals surface area contributed by atoms with Crippen LogP contribution in [0.4, 0.5) is 0 Å². The van der Waals surface area contributed by atoms with Gasteiger partial charge in [0.05, 0.1) is 6.04 Å². The molecule has 1 aliphatic rings. The van der Waals surface area contributed by atoms with Gasteiger partial charge < -0.3 is 11.1 Å². The average molecular weight is 239 g/mol. The van der Waals surface area contributed by atoms with E-state index in [1.165, 1.54) is 4.88 Å². The number of carbonyl (C=O) groups is 1. The first-order valence-corrected chi connectivity index (χ1v) is 6.43. The van der Waals surface area contributed by atoms with Crippen LogP contribution < -0.4 is 11.1 Å². The first-order chi connectivity index (χ1) is 7.81. The first-order valence-electron chi connectivity index (χ1n) is 5.55. The Bertz CT molecular complexity index is 339. The lowest BCUT2D eigenvalue weighted by Gasteiger charge is -2.28. The van der Waals surface area contributed by atoms with E-state index in [0.717, 1.165) is 19.6 Å². The molecule has 0 radical (unpaired) electrons. The number of nitrogens with one attached hydrogen (secondary N) is 1. The Morgan fingerprint density at radius 2 is 2.44 bits per heavy atom. The molecular formula is C11H17N3OS. The Hall–Kier alpha value is -0.910. The Balaban J connectivity index is 2.06. The summed E-state index contributed by atoms with van der Waals surface area (Å²) in [7, 11) is 0. The summed E-state index contributed by atoms with van der Waals surface area (Å²) < 4.78 is 0. The Kier molecular flexibility index (Phi) is 3.93. The van der Waals surface area contributed by atoms with Crippen LogP contribution in [-0.4, -0.2) is 37.0 Å². The molecule has 1 atom stereocenters. The van der Waals surface area contributed by atoms with Crippen molar-refractivity contribution in [3.63, 3.8) is 0 Å². The predicted molar refractivity (Wildman–Crippen MR) is 65.3 cm³/mol. The molecule has 16 heavy (non-hydrogen) atoms. The molecule has 5 heteroatoms. The van der Waals surface area contributed by atoms with Crippen LogP contribution in [0, 0.1) is 0 Å². The second-order valence-corrected chi connectivity index (χ2v) is 4.88. The van der Waals surface area contributed by atoms with Crippen LogP contribution in [0.3, 0.4) is 0 Å². The molecule has 3 N–H and O–H groups in total. The SMILES string of the molecule is NCC(c1cccs1)N1CCNC(=O)CC1. The highest BCUT2D eigenvalue weighted by atomic mass is 32.1. The number of hydrogen-bond acceptors (Lipinski definition) is 4. The highest BCUT2D eigenvalue weighted by Gasteiger charge is 2.22. The van der Waals surface area contributed by atoms with Crippen molar-refractivity contribution in [2.24, 2.45) is 5.73 Å². The van der Waals surface area contributed by atoms with Crippen molar-refractivity contribution in [2.75, 3.05) is 26.2 Å². The second-order valence-electron chi connectivity index (χ2n) is 3.90. The van der Waals surface area contributed by atoms with Crippen molar-refractivity contribution < 1.29 is 4.79 Å². The zero-order valence-electron chi connectivity index (χ0n) is 9.19. The molecule has 1 fully saturated rings. The van der Waals surface area contributed by atoms with Gasteiger partial charge in [-0.15, -0.1) is 11.3 Å². The van der Waals surface area contributed by atoms with E-state index in [1.54, 1.807) is 11.3 Å². The van der Waals surface area contributed by atoms with Crippen LogP contribution in [0.5, 0.6) is 0 Å². The number of amides is 1. The standard InChI is InChI=1S/C11H17N3OS/c12-8-9(10-2-1-7-16-10)14-5-3-11(15)13-4-6-14/h1-2,7,9H,3-6,8,12H2,(H,13,15). The predicted octanol–water partition coefficient (Wildman–Crippen LogP) is 0.570. The van der Waals surface area contributed by atoms with Gasteiger partial charge in [-0.05, 0) is 11.4 Å². The molecule has 4 nitrogen and oxygen atoms in total. The molecule has 88 valence electrons. The molecule has 0 spiro atoms. The molecule has 0 bridgehead atoms. The van der Waals surface area contributed by atoms with Crippen molar-refractivity contribution in [1.29, 1.82) is 0 Å². The average Bonchev–Trinajstić information content (AvgIpc) is 2.71. The van der Waals surface area contributed by atoms with Crippen LogP contribution >= 0.6 is 11.3 Å². The minimum atomic E-state index is 0.143. The molecule has 1 aliphatic heterocycles. The summed E-state index contributed by atoms with van der Waals surface area (Å²) in [5, 5.41) is 4.95. The molecule has 1 saturated heterocycles. The minimum absolute atomic E-state index is 0.143. The molecule has 2 heterocycles. The quantitative estimate of drug-likeness (QED) is 0.811. The summed E-state index contributed by atoms with van der Waals surface area (Å²) in [5.74, 6) is 0.143. The molecule has 1 aromatic heterocycles. The second kappa shape index (κ2) is 5.43. The summed E-state index contributed by atoms with van der Waals surface area (Å²) >= 11 is 1.73. The van der Waals surface area contributed by atoms with E-state index in [-0.39, 0.29) is 11.9 Å². The van der Waals surface area contributed by atoms with Crippen LogP contribution in [0.25, 0.3) is 0 Å². The van der Waals surface area contributed by atoms with E-state index in [9.17, 15) is 4.79 Å². The third kappa shape index (κ3) is 2.61. The van der Waals surface area contributed by atoms with Crippen LogP contribution in [0.1, 0.15) is 17.3 Å². The number of carbonyl (C=O) groups excluding carboxylic acids is 1. The van der Waals surface area contributed by atoms with Gasteiger partial charge in [0.1, 0.15) is 0 Å². The van der Waals surface area contributed by atoms with Gasteiger partial charge in [-0.2, -0.15) is 0 Å². The van der Waals surface area contributed by atoms with Crippen LogP contribution in [-0.2, 0) is 4.79 Å². The van der Waals surface area contributed by atoms with Crippen molar-refractivity contribution in [3.8, 4) is 0 Å². The fourth-order valence-electron chi connectivity index (χ4n) is 2.02. The first kappa shape index (κ1) is 11.6. The van der Waals surface area contributed by atoms with E-state index < -0.39 is 0 Å². The summed E-state index contributed by atoms with van der Waals surface area (Å²) in [6.45, 7) is 3.01. The summed E-state index contributed by atoms with van der Waals surface area (Å²) in [5.41, 5.74) is 5.84. The normalized spacial score (nSPS) is 20.2. The monoisotopic (exact) mass is 239 g/mol. The summed E-state index contributed by atoms with van der Waals surface area (Å²) in [4.78, 5) is 14.8. The van der Waals surface area contributed by atoms with Gasteiger partial charge in [-0.3, -0.25) is 9.69 Å². The fraction of sp³-hybridized carbons (Fsp3) is 0.545. The van der Waals surface area contributed by atoms with Gasteiger partial charge >= 0.3 is 0 Å². The lowest BCUT2D eigenvalue weighted by molar-refractivity contribution is -0.120. The highest BCUT2D eigenvalue weighted by Crippen LogP contribution is 2.24. The molecule has 2 rings (SSSR count). The summed E-state index contributed by atoms with van der Waals surface area (Å²) in [6.07, 6.45) is 0.571. The highest BCUT2D eigenvalue weighted by molar-refractivity contribution is 7.10. The maximum atomic E-state index is 11.3. The van der Waals surface area contributed by atoms with Crippen LogP contribution in [0.2, 0.25) is 0 Å². The van der Waals surface area contributed by atoms with E-state index >= 15 is 0 Å². The zero-order chi connectivity index (χ0) is 11.4. The molecule has 1 amide bonds. The Morgan fingerprint density at radius 1 is 1.56 bits per heavy atom. The molecule has 1 unspecified atom stereocenters. The van der Waals surface area contributed by atoms with Gasteiger partial charge in [-0.1, -0.05) is 6.07 Å². The number of nitrogens with two attached hydrogens (primary N) is 1. The number of rotatable bonds is 3. The molecular weight excluding hydrogens is 222 g/mol. The van der Waals surface area contributed by atoms with Crippen molar-refractivity contribution in [1.82, 2.24) is 10.2 Å². The summed E-state index contributed by atoms with van der Waals surface area (Å²) in [6, 6.07) is 4.42. The van der Waals surface area contributed by atoms with E-state index in [2.05, 4.69) is 21.7 Å². The van der Waals surface area contributed by atoms with E-state index in [0.29, 0.717) is 13.0 Å². The maximum Gasteiger partial charge on any atom is 0.221 e. The van der Waals surface area contributed by atoms with Crippen molar-refractivity contribution in [2.45, 2.75) is 12.5 Å². The van der Waals surface area contributed by atoms with Gasteiger partial charge in [0.25, 0.3) is 0 Å².